The molecule has 0 saturated heterocycles. The van der Waals surface area contributed by atoms with Gasteiger partial charge in [-0.25, -0.2) is 8.42 Å². The van der Waals surface area contributed by atoms with Crippen molar-refractivity contribution in [2.45, 2.75) is 38.0 Å². The fraction of sp³-hybridized carbons (Fsp3) is 0.316. The molecule has 0 N–H and O–H groups in total. The zero-order chi connectivity index (χ0) is 18.5. The van der Waals surface area contributed by atoms with Crippen LogP contribution in [0.3, 0.4) is 0 Å². The summed E-state index contributed by atoms with van der Waals surface area (Å²) in [6, 6.07) is 14.2. The normalized spacial score (nSPS) is 11.4. The molecule has 130 valence electrons. The third kappa shape index (κ3) is 5.77. The van der Waals surface area contributed by atoms with Gasteiger partial charge in [-0.2, -0.15) is 0 Å². The molecule has 2 rings (SSSR count). The summed E-state index contributed by atoms with van der Waals surface area (Å²) in [7, 11) is -3.02. The number of halogens is 1. The molecule has 24 heavy (non-hydrogen) atoms. The molecular weight excluding hydrogens is 344 g/mol. The molecule has 0 spiro atoms. The van der Waals surface area contributed by atoms with Gasteiger partial charge in [-0.15, -0.1) is 0 Å². The largest absolute Gasteiger partial charge is 0.299 e. The van der Waals surface area contributed by atoms with E-state index < -0.39 is 15.3 Å². The summed E-state index contributed by atoms with van der Waals surface area (Å²) >= 11 is 5.76. The fourth-order valence-electron chi connectivity index (χ4n) is 1.86. The zero-order valence-corrected chi connectivity index (χ0v) is 16.2. The number of benzene rings is 2. The van der Waals surface area contributed by atoms with Gasteiger partial charge in [0.15, 0.2) is 9.84 Å². The smallest absolute Gasteiger partial charge is 0.175 e. The Labute approximate surface area is 149 Å². The van der Waals surface area contributed by atoms with E-state index in [1.54, 1.807) is 31.2 Å². The van der Waals surface area contributed by atoms with Gasteiger partial charge >= 0.3 is 0 Å². The monoisotopic (exact) mass is 366 g/mol. The predicted molar refractivity (Wildman–Crippen MR) is 99.4 cm³/mol. The molecule has 0 aromatic heterocycles. The minimum atomic E-state index is -3.02. The van der Waals surface area contributed by atoms with Gasteiger partial charge in [0.25, 0.3) is 0 Å². The van der Waals surface area contributed by atoms with Crippen molar-refractivity contribution < 1.29 is 13.2 Å². The third-order valence-electron chi connectivity index (χ3n) is 3.90. The van der Waals surface area contributed by atoms with E-state index in [0.29, 0.717) is 9.92 Å². The van der Waals surface area contributed by atoms with Crippen LogP contribution in [0.15, 0.2) is 53.4 Å². The Kier molecular flexibility index (Phi) is 6.76. The van der Waals surface area contributed by atoms with Crippen molar-refractivity contribution in [3.05, 3.63) is 64.7 Å². The minimum absolute atomic E-state index is 0.162. The number of Topliss-reactive ketones (excluding diaryl/α,β-unsaturated/α-hetero) is 1. The molecule has 0 fully saturated rings. The number of aryl methyl sites for hydroxylation is 1. The van der Waals surface area contributed by atoms with E-state index in [9.17, 15) is 13.2 Å². The molecule has 2 aromatic rings. The highest BCUT2D eigenvalue weighted by Crippen LogP contribution is 2.25. The lowest BCUT2D eigenvalue weighted by Crippen LogP contribution is -2.26. The Balaban J connectivity index is 0.000000243. The number of hydrogen-bond donors (Lipinski definition) is 0. The summed E-state index contributed by atoms with van der Waals surface area (Å²) in [6.45, 7) is 7.36. The summed E-state index contributed by atoms with van der Waals surface area (Å²) in [5, 5.41) is 0.697. The number of hydrogen-bond acceptors (Lipinski definition) is 3. The molecule has 0 saturated carbocycles. The molecule has 5 heteroatoms. The van der Waals surface area contributed by atoms with Crippen LogP contribution in [0, 0.1) is 6.92 Å². The van der Waals surface area contributed by atoms with Crippen LogP contribution in [0.1, 0.15) is 31.9 Å². The van der Waals surface area contributed by atoms with Gasteiger partial charge in [0, 0.05) is 16.7 Å². The maximum atomic E-state index is 11.3. The van der Waals surface area contributed by atoms with Crippen LogP contribution in [0.5, 0.6) is 0 Å². The zero-order valence-electron chi connectivity index (χ0n) is 14.6. The van der Waals surface area contributed by atoms with Crippen LogP contribution >= 0.6 is 11.6 Å². The number of carbonyl (C=O) groups is 1. The first kappa shape index (κ1) is 20.4. The molecule has 0 atom stereocenters. The van der Waals surface area contributed by atoms with E-state index in [2.05, 4.69) is 0 Å². The lowest BCUT2D eigenvalue weighted by molar-refractivity contribution is -0.121. The Morgan fingerprint density at radius 1 is 0.958 bits per heavy atom. The van der Waals surface area contributed by atoms with E-state index in [0.717, 1.165) is 11.1 Å². The van der Waals surface area contributed by atoms with Gasteiger partial charge in [0.05, 0.1) is 4.90 Å². The first-order valence-corrected chi connectivity index (χ1v) is 9.75. The van der Waals surface area contributed by atoms with Crippen molar-refractivity contribution >= 4 is 27.2 Å². The van der Waals surface area contributed by atoms with Crippen molar-refractivity contribution in [1.29, 1.82) is 0 Å². The van der Waals surface area contributed by atoms with E-state index in [1.165, 1.54) is 6.26 Å². The molecule has 0 aliphatic carbocycles. The second-order valence-corrected chi connectivity index (χ2v) is 8.73. The first-order valence-electron chi connectivity index (χ1n) is 7.48. The molecule has 0 unspecified atom stereocenters. The predicted octanol–water partition coefficient (Wildman–Crippen LogP) is 4.61. The summed E-state index contributed by atoms with van der Waals surface area (Å²) in [5.41, 5.74) is 1.66. The summed E-state index contributed by atoms with van der Waals surface area (Å²) in [4.78, 5) is 11.7. The molecule has 0 bridgehead atoms. The van der Waals surface area contributed by atoms with Crippen LogP contribution in [0.2, 0.25) is 5.02 Å². The van der Waals surface area contributed by atoms with Crippen molar-refractivity contribution in [2.24, 2.45) is 0 Å². The average molecular weight is 367 g/mol. The Hall–Kier alpha value is -1.65. The molecule has 0 aliphatic heterocycles. The van der Waals surface area contributed by atoms with Crippen LogP contribution in [0.4, 0.5) is 0 Å². The maximum Gasteiger partial charge on any atom is 0.175 e. The summed E-state index contributed by atoms with van der Waals surface area (Å²) in [5.74, 6) is 0.162. The van der Waals surface area contributed by atoms with Gasteiger partial charge < -0.3 is 0 Å². The van der Waals surface area contributed by atoms with Crippen LogP contribution in [-0.2, 0) is 20.0 Å². The van der Waals surface area contributed by atoms with Crippen LogP contribution in [0.25, 0.3) is 0 Å². The van der Waals surface area contributed by atoms with Gasteiger partial charge in [0.1, 0.15) is 5.78 Å². The first-order chi connectivity index (χ1) is 10.9. The highest BCUT2D eigenvalue weighted by molar-refractivity contribution is 7.90. The highest BCUT2D eigenvalue weighted by atomic mass is 35.5. The van der Waals surface area contributed by atoms with Gasteiger partial charge in [0.2, 0.25) is 0 Å². The summed E-state index contributed by atoms with van der Waals surface area (Å²) < 4.78 is 21.9. The van der Waals surface area contributed by atoms with Crippen LogP contribution < -0.4 is 0 Å². The van der Waals surface area contributed by atoms with E-state index in [4.69, 9.17) is 11.6 Å². The Morgan fingerprint density at radius 2 is 1.42 bits per heavy atom. The molecule has 0 radical (unpaired) electrons. The molecule has 0 amide bonds. The lowest BCUT2D eigenvalue weighted by Gasteiger charge is -2.21. The second-order valence-electron chi connectivity index (χ2n) is 6.27. The lowest BCUT2D eigenvalue weighted by atomic mass is 9.81. The number of carbonyl (C=O) groups excluding carboxylic acids is 1. The van der Waals surface area contributed by atoms with E-state index in [-0.39, 0.29) is 5.78 Å². The van der Waals surface area contributed by atoms with Gasteiger partial charge in [-0.3, -0.25) is 4.79 Å². The Bertz CT molecular complexity index is 790. The molecule has 3 nitrogen and oxygen atoms in total. The SMILES string of the molecule is CC(=O)C(C)(C)c1ccc(Cl)cc1.Cc1ccc(S(C)(=O)=O)cc1. The summed E-state index contributed by atoms with van der Waals surface area (Å²) in [6.07, 6.45) is 1.21. The molecular formula is C19H23ClO3S. The highest BCUT2D eigenvalue weighted by Gasteiger charge is 2.25. The molecule has 0 heterocycles. The van der Waals surface area contributed by atoms with Crippen molar-refractivity contribution in [3.63, 3.8) is 0 Å². The standard InChI is InChI=1S/C11H13ClO.C8H10O2S/c1-8(13)11(2,3)9-4-6-10(12)7-5-9;1-7-3-5-8(6-4-7)11(2,9)10/h4-7H,1-3H3;3-6H,1-2H3. The maximum absolute atomic E-state index is 11.3. The number of ketones is 1. The topological polar surface area (TPSA) is 51.2 Å². The van der Waals surface area contributed by atoms with Gasteiger partial charge in [-0.1, -0.05) is 41.4 Å². The molecule has 0 aliphatic rings. The van der Waals surface area contributed by atoms with Gasteiger partial charge in [-0.05, 0) is 57.5 Å². The van der Waals surface area contributed by atoms with E-state index in [1.807, 2.05) is 45.0 Å². The quantitative estimate of drug-likeness (QED) is 0.797. The third-order valence-corrected chi connectivity index (χ3v) is 5.28. The number of rotatable bonds is 3. The van der Waals surface area contributed by atoms with Crippen molar-refractivity contribution in [1.82, 2.24) is 0 Å². The van der Waals surface area contributed by atoms with E-state index >= 15 is 0 Å². The average Bonchev–Trinajstić information content (AvgIpc) is 2.47. The molecule has 2 aromatic carbocycles. The van der Waals surface area contributed by atoms with Crippen molar-refractivity contribution in [3.8, 4) is 0 Å². The van der Waals surface area contributed by atoms with Crippen LogP contribution in [-0.4, -0.2) is 20.5 Å². The second kappa shape index (κ2) is 7.95. The fourth-order valence-corrected chi connectivity index (χ4v) is 2.61. The minimum Gasteiger partial charge on any atom is -0.299 e. The Morgan fingerprint density at radius 3 is 1.79 bits per heavy atom. The number of sulfone groups is 1. The van der Waals surface area contributed by atoms with Crippen molar-refractivity contribution in [2.75, 3.05) is 6.26 Å².